The number of aliphatic hydroxyl groups excluding tert-OH is 1. The fraction of sp³-hybridized carbons (Fsp3) is 0.562. The molecule has 3 atom stereocenters. The molecule has 0 aliphatic carbocycles. The van der Waals surface area contributed by atoms with Crippen molar-refractivity contribution in [1.82, 2.24) is 4.90 Å². The molecular formula is C16H23NO4. The first-order chi connectivity index (χ1) is 10.0. The van der Waals surface area contributed by atoms with Crippen LogP contribution in [0.25, 0.3) is 0 Å². The van der Waals surface area contributed by atoms with E-state index in [9.17, 15) is 9.90 Å². The highest BCUT2D eigenvalue weighted by molar-refractivity contribution is 5.99. The second kappa shape index (κ2) is 7.02. The molecule has 3 unspecified atom stereocenters. The van der Waals surface area contributed by atoms with Gasteiger partial charge in [0.25, 0.3) is 0 Å². The van der Waals surface area contributed by atoms with Crippen molar-refractivity contribution in [1.29, 1.82) is 0 Å². The summed E-state index contributed by atoms with van der Waals surface area (Å²) in [4.78, 5) is 14.6. The summed E-state index contributed by atoms with van der Waals surface area (Å²) in [6, 6.07) is 6.91. The SMILES string of the molecule is COc1ccc(C(=O)C(C)N2CC(C)OC(CO)C2)cc1. The number of Topliss-reactive ketones (excluding diaryl/α,β-unsaturated/α-hetero) is 1. The van der Waals surface area contributed by atoms with Crippen LogP contribution in [0.2, 0.25) is 0 Å². The molecule has 0 spiro atoms. The zero-order valence-corrected chi connectivity index (χ0v) is 12.8. The van der Waals surface area contributed by atoms with Gasteiger partial charge in [-0.25, -0.2) is 0 Å². The Morgan fingerprint density at radius 3 is 2.67 bits per heavy atom. The summed E-state index contributed by atoms with van der Waals surface area (Å²) in [5, 5.41) is 9.27. The highest BCUT2D eigenvalue weighted by Gasteiger charge is 2.31. The third-order valence-corrected chi connectivity index (χ3v) is 3.86. The fourth-order valence-electron chi connectivity index (χ4n) is 2.66. The Morgan fingerprint density at radius 1 is 1.43 bits per heavy atom. The van der Waals surface area contributed by atoms with Crippen molar-refractivity contribution in [3.63, 3.8) is 0 Å². The summed E-state index contributed by atoms with van der Waals surface area (Å²) in [5.74, 6) is 0.808. The maximum Gasteiger partial charge on any atom is 0.179 e. The minimum absolute atomic E-state index is 0.0158. The molecule has 5 heteroatoms. The largest absolute Gasteiger partial charge is 0.497 e. The van der Waals surface area contributed by atoms with Gasteiger partial charge in [-0.05, 0) is 38.1 Å². The molecule has 5 nitrogen and oxygen atoms in total. The third-order valence-electron chi connectivity index (χ3n) is 3.86. The van der Waals surface area contributed by atoms with Gasteiger partial charge in [-0.1, -0.05) is 0 Å². The van der Waals surface area contributed by atoms with Gasteiger partial charge < -0.3 is 14.6 Å². The fourth-order valence-corrected chi connectivity index (χ4v) is 2.66. The lowest BCUT2D eigenvalue weighted by molar-refractivity contribution is -0.100. The van der Waals surface area contributed by atoms with Gasteiger partial charge in [-0.15, -0.1) is 0 Å². The topological polar surface area (TPSA) is 59.0 Å². The van der Waals surface area contributed by atoms with E-state index in [-0.39, 0.29) is 30.6 Å². The van der Waals surface area contributed by atoms with E-state index in [0.29, 0.717) is 18.7 Å². The summed E-state index contributed by atoms with van der Waals surface area (Å²) in [5.41, 5.74) is 0.669. The quantitative estimate of drug-likeness (QED) is 0.830. The van der Waals surface area contributed by atoms with E-state index in [2.05, 4.69) is 4.90 Å². The molecule has 1 heterocycles. The highest BCUT2D eigenvalue weighted by Crippen LogP contribution is 2.18. The van der Waals surface area contributed by atoms with Crippen LogP contribution < -0.4 is 4.74 Å². The van der Waals surface area contributed by atoms with Gasteiger partial charge in [-0.3, -0.25) is 9.69 Å². The van der Waals surface area contributed by atoms with Gasteiger partial charge in [0.15, 0.2) is 5.78 Å². The van der Waals surface area contributed by atoms with Crippen LogP contribution in [0, 0.1) is 0 Å². The number of ether oxygens (including phenoxy) is 2. The second-order valence-electron chi connectivity index (χ2n) is 5.47. The van der Waals surface area contributed by atoms with Crippen molar-refractivity contribution < 1.29 is 19.4 Å². The van der Waals surface area contributed by atoms with E-state index in [4.69, 9.17) is 9.47 Å². The lowest BCUT2D eigenvalue weighted by atomic mass is 10.0. The molecule has 116 valence electrons. The highest BCUT2D eigenvalue weighted by atomic mass is 16.5. The number of methoxy groups -OCH3 is 1. The number of carbonyl (C=O) groups excluding carboxylic acids is 1. The zero-order valence-electron chi connectivity index (χ0n) is 12.8. The van der Waals surface area contributed by atoms with E-state index in [1.807, 2.05) is 13.8 Å². The average molecular weight is 293 g/mol. The predicted octanol–water partition coefficient (Wildman–Crippen LogP) is 1.35. The van der Waals surface area contributed by atoms with Gasteiger partial charge >= 0.3 is 0 Å². The van der Waals surface area contributed by atoms with Crippen molar-refractivity contribution in [3.8, 4) is 5.75 Å². The van der Waals surface area contributed by atoms with Crippen molar-refractivity contribution in [3.05, 3.63) is 29.8 Å². The van der Waals surface area contributed by atoms with Crippen LogP contribution in [-0.2, 0) is 4.74 Å². The summed E-state index contributed by atoms with van der Waals surface area (Å²) >= 11 is 0. The van der Waals surface area contributed by atoms with Gasteiger partial charge in [0, 0.05) is 18.7 Å². The number of morpholine rings is 1. The first-order valence-corrected chi connectivity index (χ1v) is 7.23. The number of hydrogen-bond acceptors (Lipinski definition) is 5. The van der Waals surface area contributed by atoms with Crippen molar-refractivity contribution in [2.24, 2.45) is 0 Å². The van der Waals surface area contributed by atoms with Crippen LogP contribution in [0.4, 0.5) is 0 Å². The number of carbonyl (C=O) groups is 1. The number of ketones is 1. The lowest BCUT2D eigenvalue weighted by Gasteiger charge is -2.38. The monoisotopic (exact) mass is 293 g/mol. The molecule has 0 radical (unpaired) electrons. The van der Waals surface area contributed by atoms with Crippen molar-refractivity contribution >= 4 is 5.78 Å². The molecular weight excluding hydrogens is 270 g/mol. The van der Waals surface area contributed by atoms with Gasteiger partial charge in [0.1, 0.15) is 5.75 Å². The standard InChI is InChI=1S/C16H23NO4/c1-11-8-17(9-15(10-18)21-11)12(2)16(19)13-4-6-14(20-3)7-5-13/h4-7,11-12,15,18H,8-10H2,1-3H3. The molecule has 21 heavy (non-hydrogen) atoms. The summed E-state index contributed by atoms with van der Waals surface area (Å²) < 4.78 is 10.7. The minimum Gasteiger partial charge on any atom is -0.497 e. The molecule has 0 saturated carbocycles. The molecule has 1 N–H and O–H groups in total. The zero-order chi connectivity index (χ0) is 15.4. The average Bonchev–Trinajstić information content (AvgIpc) is 2.52. The molecule has 1 saturated heterocycles. The third kappa shape index (κ3) is 3.81. The maximum atomic E-state index is 12.6. The molecule has 1 aromatic rings. The Balaban J connectivity index is 2.06. The van der Waals surface area contributed by atoms with Gasteiger partial charge in [0.2, 0.25) is 0 Å². The van der Waals surface area contributed by atoms with Crippen LogP contribution >= 0.6 is 0 Å². The Morgan fingerprint density at radius 2 is 2.10 bits per heavy atom. The number of rotatable bonds is 5. The first-order valence-electron chi connectivity index (χ1n) is 7.23. The Kier molecular flexibility index (Phi) is 5.33. The van der Waals surface area contributed by atoms with Crippen LogP contribution in [0.1, 0.15) is 24.2 Å². The first kappa shape index (κ1) is 15.9. The van der Waals surface area contributed by atoms with Gasteiger partial charge in [-0.2, -0.15) is 0 Å². The summed E-state index contributed by atoms with van der Waals surface area (Å²) in [6.45, 7) is 5.10. The van der Waals surface area contributed by atoms with E-state index >= 15 is 0 Å². The molecule has 1 aliphatic heterocycles. The van der Waals surface area contributed by atoms with Crippen LogP contribution in [0.5, 0.6) is 5.75 Å². The Hall–Kier alpha value is -1.43. The van der Waals surface area contributed by atoms with E-state index in [1.165, 1.54) is 0 Å². The van der Waals surface area contributed by atoms with Crippen LogP contribution in [0.15, 0.2) is 24.3 Å². The van der Waals surface area contributed by atoms with Gasteiger partial charge in [0.05, 0.1) is 32.0 Å². The molecule has 2 rings (SSSR count). The van der Waals surface area contributed by atoms with E-state index < -0.39 is 0 Å². The molecule has 1 fully saturated rings. The minimum atomic E-state index is -0.237. The van der Waals surface area contributed by atoms with Crippen LogP contribution in [-0.4, -0.2) is 60.8 Å². The number of nitrogens with zero attached hydrogens (tertiary/aromatic N) is 1. The molecule has 1 aromatic carbocycles. The van der Waals surface area contributed by atoms with Crippen molar-refractivity contribution in [2.75, 3.05) is 26.8 Å². The van der Waals surface area contributed by atoms with E-state index in [1.54, 1.807) is 31.4 Å². The van der Waals surface area contributed by atoms with Crippen molar-refractivity contribution in [2.45, 2.75) is 32.1 Å². The lowest BCUT2D eigenvalue weighted by Crippen LogP contribution is -2.53. The number of hydrogen-bond donors (Lipinski definition) is 1. The predicted molar refractivity (Wildman–Crippen MR) is 79.8 cm³/mol. The normalized spacial score (nSPS) is 24.6. The smallest absolute Gasteiger partial charge is 0.179 e. The Labute approximate surface area is 125 Å². The summed E-state index contributed by atoms with van der Waals surface area (Å²) in [6.07, 6.45) is -0.207. The molecule has 0 amide bonds. The number of benzene rings is 1. The molecule has 0 aromatic heterocycles. The van der Waals surface area contributed by atoms with Crippen LogP contribution in [0.3, 0.4) is 0 Å². The maximum absolute atomic E-state index is 12.6. The Bertz CT molecular complexity index is 474. The molecule has 1 aliphatic rings. The van der Waals surface area contributed by atoms with E-state index in [0.717, 1.165) is 5.75 Å². The summed E-state index contributed by atoms with van der Waals surface area (Å²) in [7, 11) is 1.60. The number of aliphatic hydroxyl groups is 1. The molecule has 0 bridgehead atoms. The second-order valence-corrected chi connectivity index (χ2v) is 5.47.